The quantitative estimate of drug-likeness (QED) is 0.480. The van der Waals surface area contributed by atoms with Gasteiger partial charge in [-0.25, -0.2) is 0 Å². The molecule has 0 amide bonds. The Morgan fingerprint density at radius 2 is 1.62 bits per heavy atom. The van der Waals surface area contributed by atoms with E-state index in [0.717, 1.165) is 0 Å². The van der Waals surface area contributed by atoms with Gasteiger partial charge in [0.2, 0.25) is 0 Å². The van der Waals surface area contributed by atoms with E-state index in [4.69, 9.17) is 5.11 Å². The minimum Gasteiger partial charge on any atom is -0.396 e. The lowest BCUT2D eigenvalue weighted by molar-refractivity contribution is -0.283. The van der Waals surface area contributed by atoms with Crippen LogP contribution in [0.5, 0.6) is 0 Å². The largest absolute Gasteiger partial charge is 0.453 e. The van der Waals surface area contributed by atoms with Gasteiger partial charge in [0.15, 0.2) is 0 Å². The highest BCUT2D eigenvalue weighted by Gasteiger charge is 2.57. The average Bonchev–Trinajstić information content (AvgIpc) is 1.83. The molecular formula is C6H8F5IO. The maximum Gasteiger partial charge on any atom is 0.453 e. The van der Waals surface area contributed by atoms with Crippen LogP contribution in [0.2, 0.25) is 0 Å². The molecule has 0 fully saturated rings. The number of rotatable bonds is 4. The molecule has 0 unspecified atom stereocenters. The normalized spacial score (nSPS) is 15.9. The van der Waals surface area contributed by atoms with E-state index in [-0.39, 0.29) is 13.0 Å². The van der Waals surface area contributed by atoms with Gasteiger partial charge >= 0.3 is 12.1 Å². The molecule has 0 aromatic heterocycles. The Balaban J connectivity index is 4.17. The van der Waals surface area contributed by atoms with Crippen molar-refractivity contribution >= 4 is 22.6 Å². The van der Waals surface area contributed by atoms with Gasteiger partial charge in [-0.05, 0) is 6.42 Å². The summed E-state index contributed by atoms with van der Waals surface area (Å²) in [5.41, 5.74) is 0. The van der Waals surface area contributed by atoms with Gasteiger partial charge in [0.25, 0.3) is 0 Å². The molecule has 0 aliphatic rings. The molecule has 0 bridgehead atoms. The van der Waals surface area contributed by atoms with Crippen LogP contribution in [0, 0.1) is 0 Å². The van der Waals surface area contributed by atoms with E-state index in [1.165, 1.54) is 22.6 Å². The number of alkyl halides is 6. The lowest BCUT2D eigenvalue weighted by Gasteiger charge is -2.21. The van der Waals surface area contributed by atoms with Crippen molar-refractivity contribution in [3.8, 4) is 0 Å². The highest BCUT2D eigenvalue weighted by Crippen LogP contribution is 2.40. The van der Waals surface area contributed by atoms with Gasteiger partial charge in [-0.1, -0.05) is 22.6 Å². The maximum absolute atomic E-state index is 12.3. The first-order valence-corrected chi connectivity index (χ1v) is 4.65. The van der Waals surface area contributed by atoms with Crippen LogP contribution in [0.25, 0.3) is 0 Å². The lowest BCUT2D eigenvalue weighted by Crippen LogP contribution is -2.38. The molecule has 0 aromatic rings. The van der Waals surface area contributed by atoms with Crippen molar-refractivity contribution in [2.75, 3.05) is 6.61 Å². The Morgan fingerprint density at radius 3 is 1.92 bits per heavy atom. The number of aliphatic hydroxyl groups is 1. The molecule has 0 spiro atoms. The molecule has 80 valence electrons. The summed E-state index contributed by atoms with van der Waals surface area (Å²) in [6.45, 7) is -0.387. The summed E-state index contributed by atoms with van der Waals surface area (Å²) in [5.74, 6) is -4.66. The summed E-state index contributed by atoms with van der Waals surface area (Å²) in [5, 5.41) is 8.31. The molecule has 1 atom stereocenters. The molecule has 0 heterocycles. The number of hydrogen-bond acceptors (Lipinski definition) is 1. The van der Waals surface area contributed by atoms with Gasteiger partial charge in [-0.2, -0.15) is 22.0 Å². The molecule has 0 radical (unpaired) electrons. The average molecular weight is 318 g/mol. The molecule has 1 N–H and O–H groups in total. The van der Waals surface area contributed by atoms with Crippen molar-refractivity contribution in [3.05, 3.63) is 0 Å². The van der Waals surface area contributed by atoms with Crippen molar-refractivity contribution < 1.29 is 27.1 Å². The summed E-state index contributed by atoms with van der Waals surface area (Å²) in [6.07, 6.45) is -6.84. The van der Waals surface area contributed by atoms with Gasteiger partial charge in [-0.3, -0.25) is 0 Å². The third-order valence-corrected chi connectivity index (χ3v) is 2.40. The van der Waals surface area contributed by atoms with E-state index < -0.39 is 22.4 Å². The van der Waals surface area contributed by atoms with Crippen LogP contribution in [-0.2, 0) is 0 Å². The highest BCUT2D eigenvalue weighted by atomic mass is 127. The van der Waals surface area contributed by atoms with Crippen molar-refractivity contribution in [1.29, 1.82) is 0 Å². The van der Waals surface area contributed by atoms with Crippen LogP contribution in [0.15, 0.2) is 0 Å². The molecule has 0 rings (SSSR count). The third-order valence-electron chi connectivity index (χ3n) is 1.33. The highest BCUT2D eigenvalue weighted by molar-refractivity contribution is 14.1. The first-order chi connectivity index (χ1) is 5.70. The Bertz CT molecular complexity index is 158. The second-order valence-electron chi connectivity index (χ2n) is 2.52. The monoisotopic (exact) mass is 318 g/mol. The summed E-state index contributed by atoms with van der Waals surface area (Å²) < 4.78 is 58.6. The number of aliphatic hydroxyl groups excluding tert-OH is 1. The lowest BCUT2D eigenvalue weighted by atomic mass is 10.1. The van der Waals surface area contributed by atoms with Gasteiger partial charge in [0, 0.05) is 17.0 Å². The van der Waals surface area contributed by atoms with Crippen molar-refractivity contribution in [2.45, 2.75) is 28.9 Å². The van der Waals surface area contributed by atoms with Gasteiger partial charge in [0.1, 0.15) is 0 Å². The fourth-order valence-electron chi connectivity index (χ4n) is 0.636. The minimum absolute atomic E-state index is 0.0633. The Kier molecular flexibility index (Phi) is 4.84. The van der Waals surface area contributed by atoms with E-state index >= 15 is 0 Å². The minimum atomic E-state index is -5.49. The van der Waals surface area contributed by atoms with E-state index in [1.54, 1.807) is 0 Å². The van der Waals surface area contributed by atoms with Crippen LogP contribution in [0.4, 0.5) is 22.0 Å². The zero-order valence-electron chi connectivity index (χ0n) is 6.41. The van der Waals surface area contributed by atoms with Crippen LogP contribution in [0.3, 0.4) is 0 Å². The molecule has 7 heteroatoms. The summed E-state index contributed by atoms with van der Waals surface area (Å²) in [7, 11) is 0. The number of hydrogen-bond donors (Lipinski definition) is 1. The van der Waals surface area contributed by atoms with E-state index in [0.29, 0.717) is 0 Å². The van der Waals surface area contributed by atoms with E-state index in [2.05, 4.69) is 0 Å². The van der Waals surface area contributed by atoms with Gasteiger partial charge < -0.3 is 5.11 Å². The predicted octanol–water partition coefficient (Wildman–Crippen LogP) is 2.76. The fourth-order valence-corrected chi connectivity index (χ4v) is 1.47. The Hall–Kier alpha value is 0.340. The fraction of sp³-hybridized carbons (Fsp3) is 1.00. The standard InChI is InChI=1S/C6H8F5IO/c7-5(8,6(9,10)11)3-4(12)1-2-13/h4,13H,1-3H2/t4-/m1/s1. The molecule has 0 aliphatic carbocycles. The Morgan fingerprint density at radius 1 is 1.15 bits per heavy atom. The van der Waals surface area contributed by atoms with Crippen LogP contribution >= 0.6 is 22.6 Å². The van der Waals surface area contributed by atoms with E-state index in [9.17, 15) is 22.0 Å². The summed E-state index contributed by atoms with van der Waals surface area (Å²) >= 11 is 1.47. The molecule has 1 nitrogen and oxygen atoms in total. The van der Waals surface area contributed by atoms with Crippen LogP contribution < -0.4 is 0 Å². The SMILES string of the molecule is OCC[C@@H](I)CC(F)(F)C(F)(F)F. The zero-order valence-corrected chi connectivity index (χ0v) is 8.57. The van der Waals surface area contributed by atoms with Crippen LogP contribution in [0.1, 0.15) is 12.8 Å². The smallest absolute Gasteiger partial charge is 0.396 e. The van der Waals surface area contributed by atoms with Crippen molar-refractivity contribution in [3.63, 3.8) is 0 Å². The third kappa shape index (κ3) is 4.39. The Labute approximate surface area is 85.4 Å². The second-order valence-corrected chi connectivity index (χ2v) is 4.28. The summed E-state index contributed by atoms with van der Waals surface area (Å²) in [4.78, 5) is 0. The molecule has 0 aliphatic heterocycles. The first-order valence-electron chi connectivity index (χ1n) is 3.40. The van der Waals surface area contributed by atoms with Gasteiger partial charge in [-0.15, -0.1) is 0 Å². The van der Waals surface area contributed by atoms with Gasteiger partial charge in [0.05, 0.1) is 0 Å². The topological polar surface area (TPSA) is 20.2 Å². The molecular weight excluding hydrogens is 310 g/mol. The maximum atomic E-state index is 12.3. The van der Waals surface area contributed by atoms with Crippen molar-refractivity contribution in [1.82, 2.24) is 0 Å². The molecule has 13 heavy (non-hydrogen) atoms. The first kappa shape index (κ1) is 13.3. The molecule has 0 aromatic carbocycles. The summed E-state index contributed by atoms with van der Waals surface area (Å²) in [6, 6.07) is 0. The second kappa shape index (κ2) is 4.72. The molecule has 0 saturated carbocycles. The van der Waals surface area contributed by atoms with E-state index in [1.807, 2.05) is 0 Å². The van der Waals surface area contributed by atoms with Crippen LogP contribution in [-0.4, -0.2) is 27.7 Å². The predicted molar refractivity (Wildman–Crippen MR) is 45.1 cm³/mol. The molecule has 0 saturated heterocycles. The van der Waals surface area contributed by atoms with Crippen molar-refractivity contribution in [2.24, 2.45) is 0 Å². The number of halogens is 6. The zero-order chi connectivity index (χ0) is 10.7.